The second-order valence-corrected chi connectivity index (χ2v) is 7.11. The Morgan fingerprint density at radius 3 is 2.89 bits per heavy atom. The Kier molecular flexibility index (Phi) is 4.44. The molecule has 0 atom stereocenters. The van der Waals surface area contributed by atoms with Gasteiger partial charge in [0.2, 0.25) is 5.91 Å². The van der Waals surface area contributed by atoms with E-state index in [1.54, 1.807) is 16.6 Å². The summed E-state index contributed by atoms with van der Waals surface area (Å²) in [5, 5.41) is 5.18. The quantitative estimate of drug-likeness (QED) is 0.528. The zero-order valence-electron chi connectivity index (χ0n) is 15.0. The number of para-hydroxylation sites is 1. The molecule has 0 N–H and O–H groups in total. The lowest BCUT2D eigenvalue weighted by Crippen LogP contribution is -2.32. The molecule has 0 saturated heterocycles. The summed E-state index contributed by atoms with van der Waals surface area (Å²) in [7, 11) is 1.74. The first kappa shape index (κ1) is 17.3. The van der Waals surface area contributed by atoms with Crippen LogP contribution in [-0.2, 0) is 18.4 Å². The molecule has 0 fully saturated rings. The molecule has 0 saturated carbocycles. The van der Waals surface area contributed by atoms with Gasteiger partial charge in [-0.15, -0.1) is 0 Å². The SMILES string of the molecule is CCN(C(=O)CCn1cnc2c(cnn2C)c1=O)c1nc2ccccc2s1. The van der Waals surface area contributed by atoms with Crippen molar-refractivity contribution in [2.45, 2.75) is 19.9 Å². The second-order valence-electron chi connectivity index (χ2n) is 6.10. The molecule has 1 aromatic carbocycles. The minimum Gasteiger partial charge on any atom is -0.298 e. The summed E-state index contributed by atoms with van der Waals surface area (Å²) in [5.41, 5.74) is 1.22. The number of hydrogen-bond donors (Lipinski definition) is 0. The number of benzene rings is 1. The average molecular weight is 382 g/mol. The molecule has 0 aliphatic carbocycles. The summed E-state index contributed by atoms with van der Waals surface area (Å²) >= 11 is 1.49. The largest absolute Gasteiger partial charge is 0.298 e. The van der Waals surface area contributed by atoms with Gasteiger partial charge < -0.3 is 0 Å². The van der Waals surface area contributed by atoms with Crippen molar-refractivity contribution in [2.24, 2.45) is 7.05 Å². The van der Waals surface area contributed by atoms with Crippen molar-refractivity contribution in [3.63, 3.8) is 0 Å². The van der Waals surface area contributed by atoms with E-state index in [1.165, 1.54) is 28.4 Å². The van der Waals surface area contributed by atoms with Crippen LogP contribution in [0.3, 0.4) is 0 Å². The molecule has 4 aromatic rings. The van der Waals surface area contributed by atoms with E-state index >= 15 is 0 Å². The highest BCUT2D eigenvalue weighted by atomic mass is 32.1. The van der Waals surface area contributed by atoms with Gasteiger partial charge in [-0.25, -0.2) is 9.97 Å². The molecule has 9 heteroatoms. The van der Waals surface area contributed by atoms with Crippen molar-refractivity contribution in [1.29, 1.82) is 0 Å². The molecule has 8 nitrogen and oxygen atoms in total. The Bertz CT molecular complexity index is 1160. The lowest BCUT2D eigenvalue weighted by Gasteiger charge is -2.17. The number of amides is 1. The molecule has 4 rings (SSSR count). The normalized spacial score (nSPS) is 11.3. The van der Waals surface area contributed by atoms with Crippen LogP contribution in [0.2, 0.25) is 0 Å². The number of nitrogens with zero attached hydrogens (tertiary/aromatic N) is 6. The van der Waals surface area contributed by atoms with E-state index < -0.39 is 0 Å². The zero-order valence-corrected chi connectivity index (χ0v) is 15.8. The van der Waals surface area contributed by atoms with Gasteiger partial charge in [0.15, 0.2) is 10.8 Å². The van der Waals surface area contributed by atoms with Crippen LogP contribution < -0.4 is 10.5 Å². The second kappa shape index (κ2) is 6.92. The van der Waals surface area contributed by atoms with E-state index in [4.69, 9.17) is 0 Å². The molecule has 0 spiro atoms. The highest BCUT2D eigenvalue weighted by molar-refractivity contribution is 7.22. The van der Waals surface area contributed by atoms with Crippen LogP contribution in [0, 0.1) is 0 Å². The highest BCUT2D eigenvalue weighted by Gasteiger charge is 2.18. The molecule has 0 bridgehead atoms. The van der Waals surface area contributed by atoms with Gasteiger partial charge in [-0.1, -0.05) is 23.5 Å². The fraction of sp³-hybridized carbons (Fsp3) is 0.278. The first-order chi connectivity index (χ1) is 13.1. The van der Waals surface area contributed by atoms with Crippen molar-refractivity contribution in [3.8, 4) is 0 Å². The van der Waals surface area contributed by atoms with Gasteiger partial charge in [0.1, 0.15) is 5.39 Å². The monoisotopic (exact) mass is 382 g/mol. The lowest BCUT2D eigenvalue weighted by molar-refractivity contribution is -0.118. The maximum Gasteiger partial charge on any atom is 0.264 e. The maximum absolute atomic E-state index is 12.7. The topological polar surface area (TPSA) is 85.9 Å². The van der Waals surface area contributed by atoms with Crippen molar-refractivity contribution >= 4 is 43.6 Å². The number of aromatic nitrogens is 5. The molecular weight excluding hydrogens is 364 g/mol. The molecule has 3 aromatic heterocycles. The smallest absolute Gasteiger partial charge is 0.264 e. The molecule has 138 valence electrons. The number of aryl methyl sites for hydroxylation is 2. The molecule has 0 aliphatic heterocycles. The molecular formula is C18H18N6O2S. The predicted molar refractivity (Wildman–Crippen MR) is 105 cm³/mol. The Balaban J connectivity index is 1.54. The minimum atomic E-state index is -0.191. The van der Waals surface area contributed by atoms with Gasteiger partial charge in [0.25, 0.3) is 5.56 Å². The van der Waals surface area contributed by atoms with Crippen molar-refractivity contribution in [2.75, 3.05) is 11.4 Å². The Hall–Kier alpha value is -3.07. The molecule has 3 heterocycles. The summed E-state index contributed by atoms with van der Waals surface area (Å²) in [4.78, 5) is 35.7. The van der Waals surface area contributed by atoms with Gasteiger partial charge in [0, 0.05) is 26.6 Å². The molecule has 27 heavy (non-hydrogen) atoms. The molecule has 1 amide bonds. The number of fused-ring (bicyclic) bond motifs is 2. The van der Waals surface area contributed by atoms with Crippen LogP contribution in [0.5, 0.6) is 0 Å². The van der Waals surface area contributed by atoms with E-state index in [9.17, 15) is 9.59 Å². The van der Waals surface area contributed by atoms with Crippen molar-refractivity contribution in [3.05, 3.63) is 47.1 Å². The third-order valence-electron chi connectivity index (χ3n) is 4.42. The van der Waals surface area contributed by atoms with Gasteiger partial charge in [0.05, 0.1) is 22.7 Å². The van der Waals surface area contributed by atoms with Gasteiger partial charge in [-0.3, -0.25) is 23.7 Å². The lowest BCUT2D eigenvalue weighted by atomic mass is 10.3. The maximum atomic E-state index is 12.7. The zero-order chi connectivity index (χ0) is 19.0. The third kappa shape index (κ3) is 3.10. The molecule has 0 unspecified atom stereocenters. The van der Waals surface area contributed by atoms with Crippen LogP contribution in [0.4, 0.5) is 5.13 Å². The van der Waals surface area contributed by atoms with E-state index in [0.717, 1.165) is 10.2 Å². The first-order valence-corrected chi connectivity index (χ1v) is 9.43. The Labute approximate surface area is 158 Å². The molecule has 0 radical (unpaired) electrons. The summed E-state index contributed by atoms with van der Waals surface area (Å²) < 4.78 is 4.05. The summed E-state index contributed by atoms with van der Waals surface area (Å²) in [5.74, 6) is -0.0743. The average Bonchev–Trinajstić information content (AvgIpc) is 3.26. The van der Waals surface area contributed by atoms with Crippen molar-refractivity contribution in [1.82, 2.24) is 24.3 Å². The van der Waals surface area contributed by atoms with Gasteiger partial charge in [-0.2, -0.15) is 5.10 Å². The van der Waals surface area contributed by atoms with Gasteiger partial charge >= 0.3 is 0 Å². The number of hydrogen-bond acceptors (Lipinski definition) is 6. The van der Waals surface area contributed by atoms with E-state index in [-0.39, 0.29) is 24.4 Å². The number of carbonyl (C=O) groups is 1. The predicted octanol–water partition coefficient (Wildman–Crippen LogP) is 2.18. The first-order valence-electron chi connectivity index (χ1n) is 8.61. The van der Waals surface area contributed by atoms with E-state index in [2.05, 4.69) is 15.1 Å². The summed E-state index contributed by atoms with van der Waals surface area (Å²) in [6.45, 7) is 2.70. The summed E-state index contributed by atoms with van der Waals surface area (Å²) in [6, 6.07) is 7.81. The van der Waals surface area contributed by atoms with Crippen LogP contribution >= 0.6 is 11.3 Å². The van der Waals surface area contributed by atoms with Crippen LogP contribution in [0.1, 0.15) is 13.3 Å². The Morgan fingerprint density at radius 1 is 1.30 bits per heavy atom. The van der Waals surface area contributed by atoms with E-state index in [0.29, 0.717) is 22.7 Å². The molecule has 0 aliphatic rings. The van der Waals surface area contributed by atoms with Crippen LogP contribution in [0.25, 0.3) is 21.3 Å². The highest BCUT2D eigenvalue weighted by Crippen LogP contribution is 2.28. The number of rotatable bonds is 5. The fourth-order valence-corrected chi connectivity index (χ4v) is 4.02. The van der Waals surface area contributed by atoms with Gasteiger partial charge in [-0.05, 0) is 19.1 Å². The number of carbonyl (C=O) groups excluding carboxylic acids is 1. The standard InChI is InChI=1S/C18H18N6O2S/c1-3-24(18-21-13-6-4-5-7-14(13)27-18)15(25)8-9-23-11-19-16-12(17(23)26)10-20-22(16)2/h4-7,10-11H,3,8-9H2,1-2H3. The van der Waals surface area contributed by atoms with Crippen LogP contribution in [-0.4, -0.2) is 36.8 Å². The minimum absolute atomic E-state index is 0.0743. The Morgan fingerprint density at radius 2 is 2.11 bits per heavy atom. The number of thiazole rings is 1. The number of anilines is 1. The van der Waals surface area contributed by atoms with Crippen molar-refractivity contribution < 1.29 is 4.79 Å². The summed E-state index contributed by atoms with van der Waals surface area (Å²) in [6.07, 6.45) is 3.16. The fourth-order valence-electron chi connectivity index (χ4n) is 2.97. The van der Waals surface area contributed by atoms with E-state index in [1.807, 2.05) is 31.2 Å². The third-order valence-corrected chi connectivity index (χ3v) is 5.47. The van der Waals surface area contributed by atoms with Crippen LogP contribution in [0.15, 0.2) is 41.6 Å².